The van der Waals surface area contributed by atoms with Crippen LogP contribution in [0.15, 0.2) is 18.2 Å². The number of likely N-dealkylation sites (N-methyl/N-ethyl adjacent to an activating group) is 1. The van der Waals surface area contributed by atoms with Crippen LogP contribution in [-0.2, 0) is 4.79 Å². The first-order valence-electron chi connectivity index (χ1n) is 10.3. The molecular weight excluding hydrogens is 474 g/mol. The monoisotopic (exact) mass is 502 g/mol. The largest absolute Gasteiger partial charge is 0.484 e. The van der Waals surface area contributed by atoms with E-state index in [0.29, 0.717) is 0 Å². The van der Waals surface area contributed by atoms with Crippen molar-refractivity contribution in [1.29, 1.82) is 0 Å². The van der Waals surface area contributed by atoms with Gasteiger partial charge in [0.1, 0.15) is 11.5 Å². The van der Waals surface area contributed by atoms with E-state index in [4.69, 9.17) is 14.6 Å². The Morgan fingerprint density at radius 1 is 1.09 bits per heavy atom. The van der Waals surface area contributed by atoms with Crippen LogP contribution >= 0.6 is 0 Å². The lowest BCUT2D eigenvalue weighted by Gasteiger charge is -2.32. The Kier molecular flexibility index (Phi) is 10.9. The molecule has 1 aliphatic rings. The molecule has 1 saturated heterocycles. The van der Waals surface area contributed by atoms with Crippen LogP contribution in [0.4, 0.5) is 26.3 Å². The maximum atomic E-state index is 12.9. The first-order chi connectivity index (χ1) is 15.6. The van der Waals surface area contributed by atoms with E-state index in [1.54, 1.807) is 0 Å². The van der Waals surface area contributed by atoms with Crippen LogP contribution in [0.25, 0.3) is 0 Å². The Morgan fingerprint density at radius 3 is 2.18 bits per heavy atom. The van der Waals surface area contributed by atoms with E-state index in [0.717, 1.165) is 44.4 Å². The Morgan fingerprint density at radius 2 is 1.65 bits per heavy atom. The number of alkyl halides is 6. The van der Waals surface area contributed by atoms with Gasteiger partial charge < -0.3 is 24.8 Å². The fourth-order valence-electron chi connectivity index (χ4n) is 3.22. The van der Waals surface area contributed by atoms with Gasteiger partial charge >= 0.3 is 12.4 Å². The average molecular weight is 502 g/mol. The minimum Gasteiger partial charge on any atom is -0.484 e. The fourth-order valence-corrected chi connectivity index (χ4v) is 3.22. The fraction of sp³-hybridized carbons (Fsp3) is 0.619. The van der Waals surface area contributed by atoms with Gasteiger partial charge in [-0.2, -0.15) is 26.3 Å². The van der Waals surface area contributed by atoms with Crippen molar-refractivity contribution in [1.82, 2.24) is 10.2 Å². The minimum atomic E-state index is -4.64. The number of halogens is 6. The quantitative estimate of drug-likeness (QED) is 0.542. The molecule has 1 heterocycles. The predicted octanol–water partition coefficient (Wildman–Crippen LogP) is 4.26. The molecule has 194 valence electrons. The number of nitrogens with zero attached hydrogens (tertiary/aromatic N) is 1. The summed E-state index contributed by atoms with van der Waals surface area (Å²) in [6.07, 6.45) is -6.44. The second-order valence-electron chi connectivity index (χ2n) is 7.87. The molecule has 13 heteroatoms. The molecule has 0 aromatic heterocycles. The molecule has 1 aliphatic heterocycles. The van der Waals surface area contributed by atoms with Crippen molar-refractivity contribution in [2.45, 2.75) is 57.5 Å². The number of ether oxygens (including phenoxy) is 2. The van der Waals surface area contributed by atoms with Crippen LogP contribution in [0, 0.1) is 0 Å². The summed E-state index contributed by atoms with van der Waals surface area (Å²) in [5.41, 5.74) is -0.301. The predicted molar refractivity (Wildman–Crippen MR) is 110 cm³/mol. The molecule has 2 N–H and O–H groups in total. The minimum absolute atomic E-state index is 0.00639. The molecule has 0 saturated carbocycles. The highest BCUT2D eigenvalue weighted by molar-refractivity contribution is 5.97. The van der Waals surface area contributed by atoms with Crippen LogP contribution < -0.4 is 14.8 Å². The van der Waals surface area contributed by atoms with E-state index in [2.05, 4.69) is 10.1 Å². The summed E-state index contributed by atoms with van der Waals surface area (Å²) >= 11 is 0. The number of benzene rings is 1. The van der Waals surface area contributed by atoms with Gasteiger partial charge in [0.2, 0.25) is 0 Å². The van der Waals surface area contributed by atoms with Gasteiger partial charge in [-0.15, -0.1) is 0 Å². The van der Waals surface area contributed by atoms with Crippen molar-refractivity contribution in [2.75, 3.05) is 26.8 Å². The number of aliphatic carboxylic acids is 1. The molecule has 1 fully saturated rings. The summed E-state index contributed by atoms with van der Waals surface area (Å²) in [6.45, 7) is 0.151. The van der Waals surface area contributed by atoms with Crippen LogP contribution in [-0.4, -0.2) is 73.1 Å². The van der Waals surface area contributed by atoms with E-state index in [1.807, 2.05) is 6.92 Å². The number of carboxylic acids is 1. The van der Waals surface area contributed by atoms with Crippen molar-refractivity contribution in [2.24, 2.45) is 0 Å². The number of carbonyl (C=O) groups is 2. The number of hydrogen-bond acceptors (Lipinski definition) is 5. The van der Waals surface area contributed by atoms with Crippen LogP contribution in [0.5, 0.6) is 11.5 Å². The van der Waals surface area contributed by atoms with Gasteiger partial charge in [0.15, 0.2) is 13.2 Å². The molecule has 2 unspecified atom stereocenters. The third kappa shape index (κ3) is 12.0. The summed E-state index contributed by atoms with van der Waals surface area (Å²) < 4.78 is 84.1. The van der Waals surface area contributed by atoms with Gasteiger partial charge in [-0.3, -0.25) is 9.59 Å². The highest BCUT2D eigenvalue weighted by Crippen LogP contribution is 2.29. The molecular formula is C21H28F6N2O5. The maximum absolute atomic E-state index is 12.9. The van der Waals surface area contributed by atoms with Crippen molar-refractivity contribution >= 4 is 11.9 Å². The normalized spacial score (nSPS) is 18.4. The Labute approximate surface area is 193 Å². The first kappa shape index (κ1) is 29.3. The molecule has 34 heavy (non-hydrogen) atoms. The van der Waals surface area contributed by atoms with Gasteiger partial charge in [0.05, 0.1) is 5.56 Å². The van der Waals surface area contributed by atoms with Gasteiger partial charge in [-0.25, -0.2) is 0 Å². The van der Waals surface area contributed by atoms with Crippen molar-refractivity contribution in [3.05, 3.63) is 23.8 Å². The van der Waals surface area contributed by atoms with Crippen LogP contribution in [0.3, 0.4) is 0 Å². The van der Waals surface area contributed by atoms with E-state index >= 15 is 0 Å². The summed E-state index contributed by atoms with van der Waals surface area (Å²) in [4.78, 5) is 23.2. The highest BCUT2D eigenvalue weighted by Gasteiger charge is 2.31. The van der Waals surface area contributed by atoms with Gasteiger partial charge in [-0.1, -0.05) is 6.42 Å². The smallest absolute Gasteiger partial charge is 0.422 e. The van der Waals surface area contributed by atoms with Crippen LogP contribution in [0.2, 0.25) is 0 Å². The molecule has 2 atom stereocenters. The molecule has 0 radical (unpaired) electrons. The lowest BCUT2D eigenvalue weighted by Crippen LogP contribution is -2.47. The topological polar surface area (TPSA) is 88.1 Å². The standard InChI is InChI=1S/C19H24F6N2O3.C2H4O2/c1-12-4-3-5-13(26-12)9-27(2)17(28)15-8-14(29-10-18(20,21)22)6-7-16(15)30-11-19(23,24)25;1-2(3)4/h6-8,12-13,26H,3-5,9-11H2,1-2H3;1H3,(H,3,4). The molecule has 0 bridgehead atoms. The first-order valence-corrected chi connectivity index (χ1v) is 10.3. The van der Waals surface area contributed by atoms with Crippen molar-refractivity contribution in [3.63, 3.8) is 0 Å². The zero-order valence-electron chi connectivity index (χ0n) is 18.9. The Balaban J connectivity index is 0.00000133. The van der Waals surface area contributed by atoms with Gasteiger partial charge in [0.25, 0.3) is 11.9 Å². The SMILES string of the molecule is CC(=O)O.CC1CCCC(CN(C)C(=O)c2cc(OCC(F)(F)F)ccc2OCC(F)(F)F)N1. The van der Waals surface area contributed by atoms with E-state index < -0.39 is 37.4 Å². The van der Waals surface area contributed by atoms with Crippen LogP contribution in [0.1, 0.15) is 43.5 Å². The van der Waals surface area contributed by atoms with E-state index in [-0.39, 0.29) is 35.7 Å². The summed E-state index contributed by atoms with van der Waals surface area (Å²) in [5, 5.41) is 10.8. The molecule has 0 aliphatic carbocycles. The lowest BCUT2D eigenvalue weighted by molar-refractivity contribution is -0.154. The number of nitrogens with one attached hydrogen (secondary N) is 1. The number of carbonyl (C=O) groups excluding carboxylic acids is 1. The highest BCUT2D eigenvalue weighted by atomic mass is 19.4. The number of rotatable bonds is 7. The summed E-state index contributed by atoms with van der Waals surface area (Å²) in [5.74, 6) is -2.19. The zero-order chi connectivity index (χ0) is 26.1. The Hall–Kier alpha value is -2.70. The second-order valence-corrected chi connectivity index (χ2v) is 7.87. The molecule has 1 aromatic carbocycles. The molecule has 0 spiro atoms. The second kappa shape index (κ2) is 12.7. The summed E-state index contributed by atoms with van der Waals surface area (Å²) in [6, 6.07) is 3.27. The number of amides is 1. The van der Waals surface area contributed by atoms with Crippen molar-refractivity contribution < 1.29 is 50.5 Å². The maximum Gasteiger partial charge on any atom is 0.422 e. The number of piperidine rings is 1. The number of carboxylic acid groups (broad SMARTS) is 1. The third-order valence-corrected chi connectivity index (χ3v) is 4.53. The van der Waals surface area contributed by atoms with E-state index in [9.17, 15) is 31.1 Å². The zero-order valence-corrected chi connectivity index (χ0v) is 18.9. The van der Waals surface area contributed by atoms with Gasteiger partial charge in [0, 0.05) is 32.6 Å². The third-order valence-electron chi connectivity index (χ3n) is 4.53. The molecule has 2 rings (SSSR count). The van der Waals surface area contributed by atoms with Gasteiger partial charge in [-0.05, 0) is 38.0 Å². The van der Waals surface area contributed by atoms with Crippen molar-refractivity contribution in [3.8, 4) is 11.5 Å². The average Bonchev–Trinajstić information content (AvgIpc) is 2.69. The molecule has 7 nitrogen and oxygen atoms in total. The van der Waals surface area contributed by atoms with E-state index in [1.165, 1.54) is 11.9 Å². The Bertz CT molecular complexity index is 812. The number of hydrogen-bond donors (Lipinski definition) is 2. The molecule has 1 aromatic rings. The summed E-state index contributed by atoms with van der Waals surface area (Å²) in [7, 11) is 1.47. The lowest BCUT2D eigenvalue weighted by atomic mass is 9.99. The molecule has 1 amide bonds.